The van der Waals surface area contributed by atoms with Gasteiger partial charge in [0, 0.05) is 37.5 Å². The van der Waals surface area contributed by atoms with Crippen LogP contribution in [0.5, 0.6) is 0 Å². The monoisotopic (exact) mass is 325 g/mol. The van der Waals surface area contributed by atoms with Crippen LogP contribution in [0.4, 0.5) is 11.4 Å². The molecule has 0 aliphatic carbocycles. The molecule has 6 heteroatoms. The number of nitro benzene ring substituents is 1. The van der Waals surface area contributed by atoms with Gasteiger partial charge in [-0.2, -0.15) is 0 Å². The van der Waals surface area contributed by atoms with Crippen LogP contribution in [-0.4, -0.2) is 35.4 Å². The predicted octanol–water partition coefficient (Wildman–Crippen LogP) is 2.75. The summed E-state index contributed by atoms with van der Waals surface area (Å²) < 4.78 is 0. The average molecular weight is 325 g/mol. The molecule has 0 aromatic heterocycles. The molecule has 1 fully saturated rings. The molecule has 2 aromatic carbocycles. The summed E-state index contributed by atoms with van der Waals surface area (Å²) in [5.41, 5.74) is 2.97. The van der Waals surface area contributed by atoms with Gasteiger partial charge in [-0.1, -0.05) is 30.3 Å². The first-order valence-corrected chi connectivity index (χ1v) is 7.86. The quantitative estimate of drug-likeness (QED) is 0.640. The van der Waals surface area contributed by atoms with Crippen molar-refractivity contribution in [1.29, 1.82) is 0 Å². The van der Waals surface area contributed by atoms with Gasteiger partial charge in [0.25, 0.3) is 5.69 Å². The summed E-state index contributed by atoms with van der Waals surface area (Å²) >= 11 is 0. The standard InChI is InChI=1S/C18H19N3O3/c1-14-5-2-3-8-17(14)20-10-9-19(13-18(20)22)12-15-6-4-7-16(11-15)21(23)24/h2-8,11H,9-10,12-13H2,1H3. The van der Waals surface area contributed by atoms with Crippen molar-refractivity contribution < 1.29 is 9.72 Å². The largest absolute Gasteiger partial charge is 0.310 e. The van der Waals surface area contributed by atoms with Crippen LogP contribution in [0.3, 0.4) is 0 Å². The first-order valence-electron chi connectivity index (χ1n) is 7.86. The minimum absolute atomic E-state index is 0.0565. The lowest BCUT2D eigenvalue weighted by atomic mass is 10.1. The molecular formula is C18H19N3O3. The van der Waals surface area contributed by atoms with Gasteiger partial charge in [0.15, 0.2) is 0 Å². The number of carbonyl (C=O) groups excluding carboxylic acids is 1. The maximum Gasteiger partial charge on any atom is 0.269 e. The van der Waals surface area contributed by atoms with E-state index in [9.17, 15) is 14.9 Å². The molecule has 1 aliphatic heterocycles. The molecule has 2 aromatic rings. The van der Waals surface area contributed by atoms with Gasteiger partial charge in [0.05, 0.1) is 11.5 Å². The molecule has 1 amide bonds. The molecule has 3 rings (SSSR count). The molecule has 0 N–H and O–H groups in total. The second-order valence-electron chi connectivity index (χ2n) is 5.97. The fourth-order valence-corrected chi connectivity index (χ4v) is 3.00. The maximum absolute atomic E-state index is 12.5. The highest BCUT2D eigenvalue weighted by molar-refractivity contribution is 5.96. The summed E-state index contributed by atoms with van der Waals surface area (Å²) in [4.78, 5) is 26.8. The number of rotatable bonds is 4. The van der Waals surface area contributed by atoms with Gasteiger partial charge in [-0.3, -0.25) is 19.8 Å². The highest BCUT2D eigenvalue weighted by atomic mass is 16.6. The molecule has 0 bridgehead atoms. The number of amides is 1. The zero-order valence-electron chi connectivity index (χ0n) is 13.5. The van der Waals surface area contributed by atoms with Crippen molar-refractivity contribution in [2.45, 2.75) is 13.5 Å². The number of hydrogen-bond acceptors (Lipinski definition) is 4. The summed E-state index contributed by atoms with van der Waals surface area (Å²) in [5.74, 6) is 0.0565. The number of benzene rings is 2. The van der Waals surface area contributed by atoms with Crippen LogP contribution in [0.15, 0.2) is 48.5 Å². The molecule has 0 atom stereocenters. The second kappa shape index (κ2) is 6.80. The summed E-state index contributed by atoms with van der Waals surface area (Å²) in [5, 5.41) is 10.9. The van der Waals surface area contributed by atoms with Crippen LogP contribution in [0, 0.1) is 17.0 Å². The van der Waals surface area contributed by atoms with E-state index in [0.717, 1.165) is 23.4 Å². The lowest BCUT2D eigenvalue weighted by Gasteiger charge is -2.35. The lowest BCUT2D eigenvalue weighted by molar-refractivity contribution is -0.384. The summed E-state index contributed by atoms with van der Waals surface area (Å²) in [6.07, 6.45) is 0. The van der Waals surface area contributed by atoms with Crippen LogP contribution in [0.2, 0.25) is 0 Å². The molecule has 124 valence electrons. The first kappa shape index (κ1) is 16.1. The van der Waals surface area contributed by atoms with E-state index in [0.29, 0.717) is 19.6 Å². The molecule has 1 saturated heterocycles. The van der Waals surface area contributed by atoms with Crippen LogP contribution < -0.4 is 4.90 Å². The summed E-state index contributed by atoms with van der Waals surface area (Å²) in [6, 6.07) is 14.4. The molecule has 1 heterocycles. The van der Waals surface area contributed by atoms with Gasteiger partial charge in [0.2, 0.25) is 5.91 Å². The highest BCUT2D eigenvalue weighted by Crippen LogP contribution is 2.22. The normalized spacial score (nSPS) is 15.5. The Bertz CT molecular complexity index is 776. The number of para-hydroxylation sites is 1. The van der Waals surface area contributed by atoms with Crippen molar-refractivity contribution >= 4 is 17.3 Å². The Hall–Kier alpha value is -2.73. The van der Waals surface area contributed by atoms with E-state index in [1.54, 1.807) is 12.1 Å². The Kier molecular flexibility index (Phi) is 4.57. The number of non-ortho nitro benzene ring substituents is 1. The lowest BCUT2D eigenvalue weighted by Crippen LogP contribution is -2.50. The van der Waals surface area contributed by atoms with Crippen molar-refractivity contribution in [3.05, 3.63) is 69.8 Å². The van der Waals surface area contributed by atoms with Crippen LogP contribution in [0.25, 0.3) is 0 Å². The zero-order chi connectivity index (χ0) is 17.1. The zero-order valence-corrected chi connectivity index (χ0v) is 13.5. The molecule has 6 nitrogen and oxygen atoms in total. The number of carbonyl (C=O) groups is 1. The van der Waals surface area contributed by atoms with Crippen molar-refractivity contribution in [1.82, 2.24) is 4.90 Å². The number of nitro groups is 1. The second-order valence-corrected chi connectivity index (χ2v) is 5.97. The van der Waals surface area contributed by atoms with E-state index in [2.05, 4.69) is 0 Å². The van der Waals surface area contributed by atoms with Crippen LogP contribution in [0.1, 0.15) is 11.1 Å². The number of aryl methyl sites for hydroxylation is 1. The number of piperazine rings is 1. The third-order valence-electron chi connectivity index (χ3n) is 4.23. The first-order chi connectivity index (χ1) is 11.5. The van der Waals surface area contributed by atoms with Crippen molar-refractivity contribution in [2.24, 2.45) is 0 Å². The Morgan fingerprint density at radius 1 is 1.12 bits per heavy atom. The van der Waals surface area contributed by atoms with Crippen molar-refractivity contribution in [3.8, 4) is 0 Å². The third-order valence-corrected chi connectivity index (χ3v) is 4.23. The smallest absolute Gasteiger partial charge is 0.269 e. The Morgan fingerprint density at radius 3 is 2.62 bits per heavy atom. The van der Waals surface area contributed by atoms with E-state index < -0.39 is 4.92 Å². The summed E-state index contributed by atoms with van der Waals surface area (Å²) in [6.45, 7) is 4.21. The van der Waals surface area contributed by atoms with Crippen molar-refractivity contribution in [3.63, 3.8) is 0 Å². The highest BCUT2D eigenvalue weighted by Gasteiger charge is 2.26. The van der Waals surface area contributed by atoms with Gasteiger partial charge in [0.1, 0.15) is 0 Å². The third kappa shape index (κ3) is 3.44. The Labute approximate surface area is 140 Å². The van der Waals surface area contributed by atoms with Crippen LogP contribution in [-0.2, 0) is 11.3 Å². The fraction of sp³-hybridized carbons (Fsp3) is 0.278. The molecule has 1 aliphatic rings. The van der Waals surface area contributed by atoms with Gasteiger partial charge in [-0.15, -0.1) is 0 Å². The van der Waals surface area contributed by atoms with E-state index in [1.807, 2.05) is 47.1 Å². The molecular weight excluding hydrogens is 306 g/mol. The fourth-order valence-electron chi connectivity index (χ4n) is 3.00. The number of hydrogen-bond donors (Lipinski definition) is 0. The molecule has 24 heavy (non-hydrogen) atoms. The van der Waals surface area contributed by atoms with Gasteiger partial charge >= 0.3 is 0 Å². The molecule has 0 unspecified atom stereocenters. The number of anilines is 1. The van der Waals surface area contributed by atoms with Crippen LogP contribution >= 0.6 is 0 Å². The Morgan fingerprint density at radius 2 is 1.92 bits per heavy atom. The van der Waals surface area contributed by atoms with E-state index in [1.165, 1.54) is 6.07 Å². The van der Waals surface area contributed by atoms with E-state index >= 15 is 0 Å². The summed E-state index contributed by atoms with van der Waals surface area (Å²) in [7, 11) is 0. The minimum Gasteiger partial charge on any atom is -0.310 e. The Balaban J connectivity index is 1.68. The maximum atomic E-state index is 12.5. The van der Waals surface area contributed by atoms with E-state index in [-0.39, 0.29) is 11.6 Å². The van der Waals surface area contributed by atoms with Gasteiger partial charge in [-0.25, -0.2) is 0 Å². The predicted molar refractivity (Wildman–Crippen MR) is 91.9 cm³/mol. The average Bonchev–Trinajstić information content (AvgIpc) is 2.56. The topological polar surface area (TPSA) is 66.7 Å². The minimum atomic E-state index is -0.398. The molecule has 0 saturated carbocycles. The van der Waals surface area contributed by atoms with Gasteiger partial charge in [-0.05, 0) is 24.1 Å². The molecule has 0 radical (unpaired) electrons. The van der Waals surface area contributed by atoms with Crippen molar-refractivity contribution in [2.75, 3.05) is 24.5 Å². The number of nitrogens with zero attached hydrogens (tertiary/aromatic N) is 3. The van der Waals surface area contributed by atoms with Gasteiger partial charge < -0.3 is 4.90 Å². The molecule has 0 spiro atoms. The SMILES string of the molecule is Cc1ccccc1N1CCN(Cc2cccc([N+](=O)[O-])c2)CC1=O. The van der Waals surface area contributed by atoms with E-state index in [4.69, 9.17) is 0 Å².